The van der Waals surface area contributed by atoms with E-state index in [1.165, 1.54) is 11.8 Å². The van der Waals surface area contributed by atoms with Crippen LogP contribution in [0, 0.1) is 20.8 Å². The van der Waals surface area contributed by atoms with E-state index in [2.05, 4.69) is 10.3 Å². The Kier molecular flexibility index (Phi) is 4.27. The Morgan fingerprint density at radius 1 is 1.26 bits per heavy atom. The smallest absolute Gasteiger partial charge is 0.256 e. The van der Waals surface area contributed by atoms with Gasteiger partial charge >= 0.3 is 0 Å². The number of hydrogen-bond donors (Lipinski definition) is 1. The minimum absolute atomic E-state index is 0.0673. The lowest BCUT2D eigenvalue weighted by Gasteiger charge is -2.04. The highest BCUT2D eigenvalue weighted by Crippen LogP contribution is 2.20. The predicted molar refractivity (Wildman–Crippen MR) is 76.5 cm³/mol. The molecule has 100 valence electrons. The van der Waals surface area contributed by atoms with Gasteiger partial charge in [0.1, 0.15) is 5.76 Å². The molecule has 0 fully saturated rings. The molecule has 0 aliphatic carbocycles. The molecule has 4 nitrogen and oxygen atoms in total. The van der Waals surface area contributed by atoms with Crippen molar-refractivity contribution in [2.45, 2.75) is 26.0 Å². The van der Waals surface area contributed by atoms with Gasteiger partial charge in [-0.2, -0.15) is 0 Å². The maximum Gasteiger partial charge on any atom is 0.256 e. The zero-order valence-electron chi connectivity index (χ0n) is 11.2. The predicted octanol–water partition coefficient (Wildman–Crippen LogP) is 3.33. The molecule has 0 saturated heterocycles. The van der Waals surface area contributed by atoms with E-state index >= 15 is 0 Å². The maximum absolute atomic E-state index is 11.8. The highest BCUT2D eigenvalue weighted by molar-refractivity contribution is 7.99. The van der Waals surface area contributed by atoms with Crippen molar-refractivity contribution >= 4 is 23.4 Å². The summed E-state index contributed by atoms with van der Waals surface area (Å²) in [5.74, 6) is 1.01. The number of aryl methyl sites for hydroxylation is 3. The van der Waals surface area contributed by atoms with E-state index in [4.69, 9.17) is 4.42 Å². The zero-order valence-corrected chi connectivity index (χ0v) is 12.0. The Bertz CT molecular complexity index is 556. The fraction of sp³-hybridized carbons (Fsp3) is 0.286. The molecular formula is C14H16N2O2S. The molecule has 5 heteroatoms. The molecule has 0 aliphatic heterocycles. The summed E-state index contributed by atoms with van der Waals surface area (Å²) >= 11 is 1.30. The first-order valence-corrected chi connectivity index (χ1v) is 6.96. The lowest BCUT2D eigenvalue weighted by molar-refractivity contribution is -0.113. The summed E-state index contributed by atoms with van der Waals surface area (Å²) in [7, 11) is 0. The van der Waals surface area contributed by atoms with E-state index in [0.29, 0.717) is 5.22 Å². The summed E-state index contributed by atoms with van der Waals surface area (Å²) in [4.78, 5) is 16.0. The Morgan fingerprint density at radius 3 is 2.53 bits per heavy atom. The molecule has 0 radical (unpaired) electrons. The summed E-state index contributed by atoms with van der Waals surface area (Å²) in [6, 6.07) is 7.70. The summed E-state index contributed by atoms with van der Waals surface area (Å²) < 4.78 is 5.40. The molecule has 1 N–H and O–H groups in total. The van der Waals surface area contributed by atoms with E-state index in [1.807, 2.05) is 45.0 Å². The lowest BCUT2D eigenvalue weighted by Crippen LogP contribution is -2.13. The Hall–Kier alpha value is -1.75. The second-order valence-electron chi connectivity index (χ2n) is 4.32. The number of carbonyl (C=O) groups excluding carboxylic acids is 1. The second-order valence-corrected chi connectivity index (χ2v) is 5.25. The van der Waals surface area contributed by atoms with Gasteiger partial charge in [-0.25, -0.2) is 4.98 Å². The van der Waals surface area contributed by atoms with E-state index in [0.717, 1.165) is 22.7 Å². The summed E-state index contributed by atoms with van der Waals surface area (Å²) in [5.41, 5.74) is 2.83. The first-order valence-electron chi connectivity index (χ1n) is 5.98. The molecule has 0 atom stereocenters. The van der Waals surface area contributed by atoms with Crippen molar-refractivity contribution in [3.63, 3.8) is 0 Å². The third kappa shape index (κ3) is 3.86. The molecule has 2 aromatic rings. The summed E-state index contributed by atoms with van der Waals surface area (Å²) in [5, 5.41) is 3.37. The van der Waals surface area contributed by atoms with E-state index in [1.54, 1.807) is 0 Å². The average molecular weight is 276 g/mol. The average Bonchev–Trinajstić information content (AvgIpc) is 2.69. The third-order valence-electron chi connectivity index (χ3n) is 2.67. The number of rotatable bonds is 4. The van der Waals surface area contributed by atoms with Crippen molar-refractivity contribution in [2.75, 3.05) is 11.1 Å². The molecule has 0 spiro atoms. The van der Waals surface area contributed by atoms with Gasteiger partial charge in [-0.1, -0.05) is 29.5 Å². The summed E-state index contributed by atoms with van der Waals surface area (Å²) in [6.45, 7) is 5.75. The van der Waals surface area contributed by atoms with Crippen LogP contribution in [0.25, 0.3) is 0 Å². The van der Waals surface area contributed by atoms with Crippen LogP contribution in [0.3, 0.4) is 0 Å². The van der Waals surface area contributed by atoms with Crippen molar-refractivity contribution in [3.05, 3.63) is 41.3 Å². The van der Waals surface area contributed by atoms with Crippen molar-refractivity contribution in [3.8, 4) is 0 Å². The fourth-order valence-corrected chi connectivity index (χ4v) is 2.18. The van der Waals surface area contributed by atoms with Crippen LogP contribution in [0.5, 0.6) is 0 Å². The van der Waals surface area contributed by atoms with Gasteiger partial charge in [-0.05, 0) is 32.9 Å². The van der Waals surface area contributed by atoms with Gasteiger partial charge in [0.15, 0.2) is 0 Å². The minimum atomic E-state index is -0.0673. The molecule has 1 aromatic heterocycles. The second kappa shape index (κ2) is 5.93. The van der Waals surface area contributed by atoms with Gasteiger partial charge < -0.3 is 9.73 Å². The van der Waals surface area contributed by atoms with E-state index < -0.39 is 0 Å². The van der Waals surface area contributed by atoms with Gasteiger partial charge in [-0.3, -0.25) is 4.79 Å². The maximum atomic E-state index is 11.8. The molecule has 1 amide bonds. The molecule has 0 saturated carbocycles. The number of benzene rings is 1. The first kappa shape index (κ1) is 13.7. The van der Waals surface area contributed by atoms with Crippen molar-refractivity contribution in [1.82, 2.24) is 4.98 Å². The molecular weight excluding hydrogens is 260 g/mol. The Labute approximate surface area is 116 Å². The lowest BCUT2D eigenvalue weighted by atomic mass is 10.2. The van der Waals surface area contributed by atoms with Gasteiger partial charge in [0.25, 0.3) is 5.22 Å². The van der Waals surface area contributed by atoms with Crippen LogP contribution in [0.15, 0.2) is 33.9 Å². The van der Waals surface area contributed by atoms with E-state index in [-0.39, 0.29) is 11.7 Å². The van der Waals surface area contributed by atoms with E-state index in [9.17, 15) is 4.79 Å². The molecule has 2 rings (SSSR count). The highest BCUT2D eigenvalue weighted by Gasteiger charge is 2.09. The van der Waals surface area contributed by atoms with Gasteiger partial charge in [0, 0.05) is 5.69 Å². The number of anilines is 1. The zero-order chi connectivity index (χ0) is 13.8. The Morgan fingerprint density at radius 2 is 1.95 bits per heavy atom. The van der Waals surface area contributed by atoms with Crippen molar-refractivity contribution < 1.29 is 9.21 Å². The first-order chi connectivity index (χ1) is 9.04. The number of thioether (sulfide) groups is 1. The van der Waals surface area contributed by atoms with Crippen LogP contribution >= 0.6 is 11.8 Å². The summed E-state index contributed by atoms with van der Waals surface area (Å²) in [6.07, 6.45) is 0. The Balaban J connectivity index is 1.86. The van der Waals surface area contributed by atoms with Crippen LogP contribution in [0.4, 0.5) is 5.69 Å². The minimum Gasteiger partial charge on any atom is -0.437 e. The number of amides is 1. The molecule has 0 aliphatic rings. The SMILES string of the molecule is Cc1ccc(NC(=O)CSc2nc(C)c(C)o2)cc1. The quantitative estimate of drug-likeness (QED) is 0.870. The molecule has 1 aromatic carbocycles. The number of nitrogens with one attached hydrogen (secondary N) is 1. The van der Waals surface area contributed by atoms with Gasteiger partial charge in [0.05, 0.1) is 11.4 Å². The molecule has 0 bridgehead atoms. The fourth-order valence-electron chi connectivity index (χ4n) is 1.47. The number of hydrogen-bond acceptors (Lipinski definition) is 4. The number of aromatic nitrogens is 1. The molecule has 19 heavy (non-hydrogen) atoms. The topological polar surface area (TPSA) is 55.1 Å². The number of carbonyl (C=O) groups is 1. The van der Waals surface area contributed by atoms with Crippen molar-refractivity contribution in [2.24, 2.45) is 0 Å². The number of nitrogens with zero attached hydrogens (tertiary/aromatic N) is 1. The van der Waals surface area contributed by atoms with Crippen LogP contribution in [0.1, 0.15) is 17.0 Å². The third-order valence-corrected chi connectivity index (χ3v) is 3.50. The standard InChI is InChI=1S/C14H16N2O2S/c1-9-4-6-12(7-5-9)16-13(17)8-19-14-15-10(2)11(3)18-14/h4-7H,8H2,1-3H3,(H,16,17). The largest absolute Gasteiger partial charge is 0.437 e. The monoisotopic (exact) mass is 276 g/mol. The van der Waals surface area contributed by atoms with Crippen LogP contribution < -0.4 is 5.32 Å². The molecule has 1 heterocycles. The van der Waals surface area contributed by atoms with Crippen LogP contribution in [-0.2, 0) is 4.79 Å². The van der Waals surface area contributed by atoms with Crippen molar-refractivity contribution in [1.29, 1.82) is 0 Å². The number of oxazole rings is 1. The van der Waals surface area contributed by atoms with Gasteiger partial charge in [0.2, 0.25) is 5.91 Å². The van der Waals surface area contributed by atoms with Crippen LogP contribution in [0.2, 0.25) is 0 Å². The van der Waals surface area contributed by atoms with Crippen LogP contribution in [-0.4, -0.2) is 16.6 Å². The highest BCUT2D eigenvalue weighted by atomic mass is 32.2. The van der Waals surface area contributed by atoms with Gasteiger partial charge in [-0.15, -0.1) is 0 Å². The molecule has 0 unspecified atom stereocenters. The normalized spacial score (nSPS) is 10.5.